The summed E-state index contributed by atoms with van der Waals surface area (Å²) in [7, 11) is 0. The minimum atomic E-state index is -0.0651. The Kier molecular flexibility index (Phi) is 3.37. The molecule has 0 heterocycles. The SMILES string of the molecule is C=C(NC(C)(C)C(=C)C)C(C)(C)C. The molecule has 0 aromatic carbocycles. The Hall–Kier alpha value is -0.720. The summed E-state index contributed by atoms with van der Waals surface area (Å²) in [6.45, 7) is 20.7. The average molecular weight is 181 g/mol. The van der Waals surface area contributed by atoms with Crippen molar-refractivity contribution in [3.63, 3.8) is 0 Å². The maximum absolute atomic E-state index is 4.04. The lowest BCUT2D eigenvalue weighted by atomic mass is 9.89. The summed E-state index contributed by atoms with van der Waals surface area (Å²) in [6, 6.07) is 0. The number of rotatable bonds is 3. The van der Waals surface area contributed by atoms with E-state index >= 15 is 0 Å². The van der Waals surface area contributed by atoms with Crippen LogP contribution < -0.4 is 5.32 Å². The summed E-state index contributed by atoms with van der Waals surface area (Å²) < 4.78 is 0. The van der Waals surface area contributed by atoms with E-state index in [4.69, 9.17) is 0 Å². The lowest BCUT2D eigenvalue weighted by Gasteiger charge is -2.34. The van der Waals surface area contributed by atoms with Crippen molar-refractivity contribution in [2.45, 2.75) is 47.1 Å². The van der Waals surface area contributed by atoms with Crippen LogP contribution in [0.1, 0.15) is 41.5 Å². The van der Waals surface area contributed by atoms with Gasteiger partial charge in [0.1, 0.15) is 0 Å². The van der Waals surface area contributed by atoms with Gasteiger partial charge in [-0.3, -0.25) is 0 Å². The van der Waals surface area contributed by atoms with E-state index < -0.39 is 0 Å². The quantitative estimate of drug-likeness (QED) is 0.657. The van der Waals surface area contributed by atoms with Gasteiger partial charge in [-0.25, -0.2) is 0 Å². The molecule has 0 aliphatic rings. The van der Waals surface area contributed by atoms with Crippen molar-refractivity contribution in [2.24, 2.45) is 5.41 Å². The fourth-order valence-corrected chi connectivity index (χ4v) is 0.671. The zero-order chi connectivity index (χ0) is 10.9. The van der Waals surface area contributed by atoms with E-state index in [9.17, 15) is 0 Å². The van der Waals surface area contributed by atoms with Crippen LogP contribution in [-0.4, -0.2) is 5.54 Å². The van der Waals surface area contributed by atoms with Crippen LogP contribution in [0.5, 0.6) is 0 Å². The molecule has 0 atom stereocenters. The zero-order valence-corrected chi connectivity index (χ0v) is 9.91. The Balaban J connectivity index is 4.47. The monoisotopic (exact) mass is 181 g/mol. The molecular formula is C12H23N. The zero-order valence-electron chi connectivity index (χ0n) is 9.91. The highest BCUT2D eigenvalue weighted by Crippen LogP contribution is 2.25. The molecule has 0 saturated carbocycles. The Bertz CT molecular complexity index is 216. The van der Waals surface area contributed by atoms with E-state index in [0.29, 0.717) is 0 Å². The molecule has 1 N–H and O–H groups in total. The first kappa shape index (κ1) is 12.3. The third kappa shape index (κ3) is 3.67. The van der Waals surface area contributed by atoms with Gasteiger partial charge in [-0.15, -0.1) is 0 Å². The van der Waals surface area contributed by atoms with Crippen molar-refractivity contribution >= 4 is 0 Å². The molecule has 0 aromatic heterocycles. The van der Waals surface area contributed by atoms with Crippen LogP contribution in [0, 0.1) is 5.41 Å². The average Bonchev–Trinajstić information content (AvgIpc) is 1.83. The Morgan fingerprint density at radius 3 is 1.62 bits per heavy atom. The van der Waals surface area contributed by atoms with Gasteiger partial charge in [-0.2, -0.15) is 0 Å². The summed E-state index contributed by atoms with van der Waals surface area (Å²) in [5.41, 5.74) is 2.22. The minimum Gasteiger partial charge on any atom is -0.380 e. The fourth-order valence-electron chi connectivity index (χ4n) is 0.671. The Labute approximate surface area is 82.9 Å². The molecule has 0 aliphatic carbocycles. The van der Waals surface area contributed by atoms with E-state index in [2.05, 4.69) is 53.1 Å². The van der Waals surface area contributed by atoms with E-state index in [0.717, 1.165) is 11.3 Å². The predicted molar refractivity (Wildman–Crippen MR) is 60.6 cm³/mol. The number of hydrogen-bond donors (Lipinski definition) is 1. The third-order valence-electron chi connectivity index (χ3n) is 2.44. The van der Waals surface area contributed by atoms with Crippen molar-refractivity contribution < 1.29 is 0 Å². The van der Waals surface area contributed by atoms with Gasteiger partial charge in [0.05, 0.1) is 5.54 Å². The first-order chi connectivity index (χ1) is 5.57. The topological polar surface area (TPSA) is 12.0 Å². The largest absolute Gasteiger partial charge is 0.380 e. The molecular weight excluding hydrogens is 158 g/mol. The molecule has 0 spiro atoms. The molecule has 1 nitrogen and oxygen atoms in total. The van der Waals surface area contributed by atoms with Crippen LogP contribution >= 0.6 is 0 Å². The van der Waals surface area contributed by atoms with Gasteiger partial charge < -0.3 is 5.32 Å². The maximum Gasteiger partial charge on any atom is 0.0520 e. The highest BCUT2D eigenvalue weighted by molar-refractivity contribution is 5.16. The van der Waals surface area contributed by atoms with Gasteiger partial charge in [0.25, 0.3) is 0 Å². The highest BCUT2D eigenvalue weighted by atomic mass is 15.0. The smallest absolute Gasteiger partial charge is 0.0520 e. The second kappa shape index (κ2) is 3.57. The fraction of sp³-hybridized carbons (Fsp3) is 0.667. The molecule has 76 valence electrons. The van der Waals surface area contributed by atoms with Gasteiger partial charge in [0.15, 0.2) is 0 Å². The van der Waals surface area contributed by atoms with Gasteiger partial charge in [-0.1, -0.05) is 39.5 Å². The predicted octanol–water partition coefficient (Wildman–Crippen LogP) is 3.49. The maximum atomic E-state index is 4.04. The lowest BCUT2D eigenvalue weighted by Crippen LogP contribution is -2.42. The van der Waals surface area contributed by atoms with Crippen molar-refractivity contribution in [1.29, 1.82) is 0 Å². The molecule has 0 bridgehead atoms. The second-order valence-corrected chi connectivity index (χ2v) is 5.26. The molecule has 0 rings (SSSR count). The minimum absolute atomic E-state index is 0.0651. The Morgan fingerprint density at radius 1 is 1.00 bits per heavy atom. The molecule has 1 heteroatoms. The molecule has 13 heavy (non-hydrogen) atoms. The van der Waals surface area contributed by atoms with E-state index in [1.54, 1.807) is 0 Å². The summed E-state index contributed by atoms with van der Waals surface area (Å²) in [6.07, 6.45) is 0. The lowest BCUT2D eigenvalue weighted by molar-refractivity contribution is 0.398. The van der Waals surface area contributed by atoms with Crippen LogP contribution in [0.25, 0.3) is 0 Å². The number of nitrogens with one attached hydrogen (secondary N) is 1. The molecule has 0 aromatic rings. The normalized spacial score (nSPS) is 12.5. The van der Waals surface area contributed by atoms with E-state index in [-0.39, 0.29) is 11.0 Å². The van der Waals surface area contributed by atoms with Gasteiger partial charge in [0.2, 0.25) is 0 Å². The summed E-state index contributed by atoms with van der Waals surface area (Å²) >= 11 is 0. The molecule has 0 unspecified atom stereocenters. The summed E-state index contributed by atoms with van der Waals surface area (Å²) in [5.74, 6) is 0. The van der Waals surface area contributed by atoms with Crippen LogP contribution in [0.4, 0.5) is 0 Å². The molecule has 0 saturated heterocycles. The van der Waals surface area contributed by atoms with Crippen LogP contribution in [-0.2, 0) is 0 Å². The second-order valence-electron chi connectivity index (χ2n) is 5.26. The standard InChI is InChI=1S/C12H23N/c1-9(2)12(7,8)13-10(3)11(4,5)6/h13H,1,3H2,2,4-8H3. The third-order valence-corrected chi connectivity index (χ3v) is 2.44. The van der Waals surface area contributed by atoms with Crippen LogP contribution in [0.15, 0.2) is 24.4 Å². The number of hydrogen-bond acceptors (Lipinski definition) is 1. The van der Waals surface area contributed by atoms with Crippen LogP contribution in [0.2, 0.25) is 0 Å². The van der Waals surface area contributed by atoms with Crippen LogP contribution in [0.3, 0.4) is 0 Å². The molecule has 0 aliphatic heterocycles. The Morgan fingerprint density at radius 2 is 1.38 bits per heavy atom. The summed E-state index contributed by atoms with van der Waals surface area (Å²) in [4.78, 5) is 0. The molecule has 0 fully saturated rings. The van der Waals surface area contributed by atoms with Crippen molar-refractivity contribution in [1.82, 2.24) is 5.32 Å². The van der Waals surface area contributed by atoms with Crippen molar-refractivity contribution in [3.8, 4) is 0 Å². The first-order valence-corrected chi connectivity index (χ1v) is 4.71. The first-order valence-electron chi connectivity index (χ1n) is 4.71. The van der Waals surface area contributed by atoms with Crippen molar-refractivity contribution in [3.05, 3.63) is 24.4 Å². The van der Waals surface area contributed by atoms with Crippen molar-refractivity contribution in [2.75, 3.05) is 0 Å². The van der Waals surface area contributed by atoms with Gasteiger partial charge in [0, 0.05) is 11.1 Å². The molecule has 0 amide bonds. The van der Waals surface area contributed by atoms with E-state index in [1.165, 1.54) is 0 Å². The van der Waals surface area contributed by atoms with Gasteiger partial charge in [-0.05, 0) is 20.8 Å². The summed E-state index contributed by atoms with van der Waals surface area (Å²) in [5, 5.41) is 3.40. The highest BCUT2D eigenvalue weighted by Gasteiger charge is 2.23. The van der Waals surface area contributed by atoms with E-state index in [1.807, 2.05) is 6.92 Å². The number of allylic oxidation sites excluding steroid dienone is 1. The van der Waals surface area contributed by atoms with Gasteiger partial charge >= 0.3 is 0 Å². The molecule has 0 radical (unpaired) electrons.